The molecule has 116 valence electrons. The maximum absolute atomic E-state index is 12.3. The molecular formula is C19H23NO2. The van der Waals surface area contributed by atoms with Gasteiger partial charge in [0.1, 0.15) is 6.10 Å². The van der Waals surface area contributed by atoms with Crippen molar-refractivity contribution in [2.45, 2.75) is 39.7 Å². The molecule has 0 bridgehead atoms. The molecule has 2 N–H and O–H groups in total. The van der Waals surface area contributed by atoms with Crippen LogP contribution in [0.5, 0.6) is 0 Å². The van der Waals surface area contributed by atoms with Gasteiger partial charge in [-0.05, 0) is 43.5 Å². The van der Waals surface area contributed by atoms with Gasteiger partial charge in [0.2, 0.25) is 0 Å². The van der Waals surface area contributed by atoms with Crippen LogP contribution in [0.25, 0.3) is 0 Å². The van der Waals surface area contributed by atoms with E-state index in [0.717, 1.165) is 27.9 Å². The summed E-state index contributed by atoms with van der Waals surface area (Å²) in [5.74, 6) is -0.632. The van der Waals surface area contributed by atoms with Crippen LogP contribution >= 0.6 is 0 Å². The molecule has 0 radical (unpaired) electrons. The lowest BCUT2D eigenvalue weighted by Crippen LogP contribution is -2.32. The maximum atomic E-state index is 12.3. The van der Waals surface area contributed by atoms with Gasteiger partial charge in [0.15, 0.2) is 0 Å². The maximum Gasteiger partial charge on any atom is 0.253 e. The highest BCUT2D eigenvalue weighted by Crippen LogP contribution is 2.23. The summed E-state index contributed by atoms with van der Waals surface area (Å²) >= 11 is 0. The molecule has 3 heteroatoms. The van der Waals surface area contributed by atoms with Gasteiger partial charge in [-0.1, -0.05) is 48.9 Å². The van der Waals surface area contributed by atoms with Crippen LogP contribution in [0.1, 0.15) is 35.1 Å². The summed E-state index contributed by atoms with van der Waals surface area (Å²) in [4.78, 5) is 12.3. The Kier molecular flexibility index (Phi) is 4.99. The van der Waals surface area contributed by atoms with Gasteiger partial charge >= 0.3 is 0 Å². The molecule has 2 aromatic carbocycles. The zero-order chi connectivity index (χ0) is 16.3. The predicted molar refractivity (Wildman–Crippen MR) is 90.1 cm³/mol. The monoisotopic (exact) mass is 297 g/mol. The Morgan fingerprint density at radius 1 is 1.05 bits per heavy atom. The number of anilines is 1. The van der Waals surface area contributed by atoms with Crippen molar-refractivity contribution in [3.8, 4) is 0 Å². The van der Waals surface area contributed by atoms with E-state index in [0.29, 0.717) is 0 Å². The number of benzene rings is 2. The van der Waals surface area contributed by atoms with Crippen LogP contribution in [-0.4, -0.2) is 17.1 Å². The summed E-state index contributed by atoms with van der Waals surface area (Å²) in [7, 11) is 0. The Labute approximate surface area is 132 Å². The Bertz CT molecular complexity index is 662. The summed E-state index contributed by atoms with van der Waals surface area (Å²) in [6.07, 6.45) is -1.08. The summed E-state index contributed by atoms with van der Waals surface area (Å²) < 4.78 is 0. The van der Waals surface area contributed by atoms with E-state index in [9.17, 15) is 9.90 Å². The third-order valence-corrected chi connectivity index (χ3v) is 4.21. The molecule has 0 saturated carbocycles. The van der Waals surface area contributed by atoms with Crippen molar-refractivity contribution in [2.24, 2.45) is 0 Å². The average Bonchev–Trinajstić information content (AvgIpc) is 2.51. The molecule has 2 rings (SSSR count). The van der Waals surface area contributed by atoms with E-state index in [1.165, 1.54) is 0 Å². The number of hydrogen-bond donors (Lipinski definition) is 2. The fourth-order valence-corrected chi connectivity index (χ4v) is 2.37. The number of aliphatic hydroxyl groups is 1. The summed E-state index contributed by atoms with van der Waals surface area (Å²) in [5, 5.41) is 13.1. The third-order valence-electron chi connectivity index (χ3n) is 4.21. The second kappa shape index (κ2) is 6.75. The van der Waals surface area contributed by atoms with Gasteiger partial charge in [0.25, 0.3) is 5.91 Å². The van der Waals surface area contributed by atoms with Crippen molar-refractivity contribution in [1.82, 2.24) is 0 Å². The zero-order valence-corrected chi connectivity index (χ0v) is 13.6. The molecule has 1 amide bonds. The number of rotatable bonds is 4. The molecule has 2 aromatic rings. The minimum atomic E-state index is -1.08. The lowest BCUT2D eigenvalue weighted by atomic mass is 9.94. The van der Waals surface area contributed by atoms with E-state index in [4.69, 9.17) is 0 Å². The van der Waals surface area contributed by atoms with Gasteiger partial charge in [0.05, 0.1) is 0 Å². The first-order valence-electron chi connectivity index (χ1n) is 7.52. The Morgan fingerprint density at radius 3 is 2.32 bits per heavy atom. The quantitative estimate of drug-likeness (QED) is 0.903. The van der Waals surface area contributed by atoms with Crippen LogP contribution in [0, 0.1) is 20.8 Å². The van der Waals surface area contributed by atoms with Gasteiger partial charge in [-0.3, -0.25) is 4.79 Å². The second-order valence-corrected chi connectivity index (χ2v) is 5.88. The number of aliphatic hydroxyl groups excluding tert-OH is 1. The smallest absolute Gasteiger partial charge is 0.253 e. The van der Waals surface area contributed by atoms with E-state index < -0.39 is 6.10 Å². The molecule has 0 aliphatic heterocycles. The molecular weight excluding hydrogens is 274 g/mol. The Morgan fingerprint density at radius 2 is 1.68 bits per heavy atom. The molecule has 0 spiro atoms. The number of nitrogens with one attached hydrogen (secondary N) is 1. The fourth-order valence-electron chi connectivity index (χ4n) is 2.37. The van der Waals surface area contributed by atoms with Crippen LogP contribution < -0.4 is 5.32 Å². The van der Waals surface area contributed by atoms with Crippen molar-refractivity contribution in [1.29, 1.82) is 0 Å². The van der Waals surface area contributed by atoms with Crippen molar-refractivity contribution in [2.75, 3.05) is 5.32 Å². The van der Waals surface area contributed by atoms with Gasteiger partial charge in [-0.2, -0.15) is 0 Å². The number of hydrogen-bond acceptors (Lipinski definition) is 2. The van der Waals surface area contributed by atoms with Crippen LogP contribution in [0.4, 0.5) is 5.69 Å². The molecule has 2 atom stereocenters. The average molecular weight is 297 g/mol. The largest absolute Gasteiger partial charge is 0.383 e. The number of aryl methyl sites for hydroxylation is 2. The highest BCUT2D eigenvalue weighted by molar-refractivity contribution is 5.95. The van der Waals surface area contributed by atoms with E-state index in [1.807, 2.05) is 70.2 Å². The number of amides is 1. The minimum Gasteiger partial charge on any atom is -0.383 e. The van der Waals surface area contributed by atoms with E-state index in [-0.39, 0.29) is 11.8 Å². The van der Waals surface area contributed by atoms with Crippen LogP contribution in [-0.2, 0) is 4.79 Å². The van der Waals surface area contributed by atoms with Crippen molar-refractivity contribution < 1.29 is 9.90 Å². The number of carbonyl (C=O) groups is 1. The fraction of sp³-hybridized carbons (Fsp3) is 0.316. The summed E-state index contributed by atoms with van der Waals surface area (Å²) in [5.41, 5.74) is 4.99. The number of carbonyl (C=O) groups excluding carboxylic acids is 1. The first kappa shape index (κ1) is 16.2. The normalized spacial score (nSPS) is 13.5. The second-order valence-electron chi connectivity index (χ2n) is 5.88. The molecule has 0 aromatic heterocycles. The van der Waals surface area contributed by atoms with Crippen LogP contribution in [0.3, 0.4) is 0 Å². The van der Waals surface area contributed by atoms with Crippen molar-refractivity contribution in [3.63, 3.8) is 0 Å². The van der Waals surface area contributed by atoms with Gasteiger partial charge in [-0.15, -0.1) is 0 Å². The zero-order valence-electron chi connectivity index (χ0n) is 13.6. The summed E-state index contributed by atoms with van der Waals surface area (Å²) in [6.45, 7) is 7.83. The third kappa shape index (κ3) is 3.55. The van der Waals surface area contributed by atoms with Crippen molar-refractivity contribution >= 4 is 11.6 Å². The Balaban J connectivity index is 2.11. The van der Waals surface area contributed by atoms with E-state index in [1.54, 1.807) is 0 Å². The molecule has 0 unspecified atom stereocenters. The molecule has 0 heterocycles. The molecule has 0 saturated heterocycles. The van der Waals surface area contributed by atoms with Gasteiger partial charge in [0, 0.05) is 11.6 Å². The highest BCUT2D eigenvalue weighted by Gasteiger charge is 2.24. The molecule has 0 aliphatic rings. The van der Waals surface area contributed by atoms with Crippen molar-refractivity contribution in [3.05, 3.63) is 64.7 Å². The molecule has 0 fully saturated rings. The molecule has 22 heavy (non-hydrogen) atoms. The lowest BCUT2D eigenvalue weighted by Gasteiger charge is -2.20. The standard InChI is InChI=1S/C19H23NO2/c1-12-8-10-16(11-9-12)15(4)18(21)19(22)20-17-7-5-6-13(2)14(17)3/h5-11,15,18,21H,1-4H3,(H,20,22)/t15-,18+/m1/s1. The predicted octanol–water partition coefficient (Wildman–Crippen LogP) is 3.71. The van der Waals surface area contributed by atoms with Crippen LogP contribution in [0.15, 0.2) is 42.5 Å². The first-order chi connectivity index (χ1) is 10.4. The Hall–Kier alpha value is -2.13. The summed E-state index contributed by atoms with van der Waals surface area (Å²) in [6, 6.07) is 13.6. The minimum absolute atomic E-state index is 0.259. The highest BCUT2D eigenvalue weighted by atomic mass is 16.3. The van der Waals surface area contributed by atoms with Gasteiger partial charge in [-0.25, -0.2) is 0 Å². The lowest BCUT2D eigenvalue weighted by molar-refractivity contribution is -0.124. The molecule has 3 nitrogen and oxygen atoms in total. The SMILES string of the molecule is Cc1ccc([C@@H](C)[C@H](O)C(=O)Nc2cccc(C)c2C)cc1. The van der Waals surface area contributed by atoms with Gasteiger partial charge < -0.3 is 10.4 Å². The van der Waals surface area contributed by atoms with E-state index >= 15 is 0 Å². The molecule has 0 aliphatic carbocycles. The topological polar surface area (TPSA) is 49.3 Å². The van der Waals surface area contributed by atoms with E-state index in [2.05, 4.69) is 5.32 Å². The van der Waals surface area contributed by atoms with Crippen LogP contribution in [0.2, 0.25) is 0 Å². The first-order valence-corrected chi connectivity index (χ1v) is 7.52.